The zero-order chi connectivity index (χ0) is 23.6. The van der Waals surface area contributed by atoms with E-state index < -0.39 is 0 Å². The summed E-state index contributed by atoms with van der Waals surface area (Å²) >= 11 is 6.98. The minimum absolute atomic E-state index is 0.203. The predicted molar refractivity (Wildman–Crippen MR) is 140 cm³/mol. The van der Waals surface area contributed by atoms with Crippen molar-refractivity contribution in [1.29, 1.82) is 5.26 Å². The van der Waals surface area contributed by atoms with Crippen LogP contribution < -0.4 is 10.6 Å². The van der Waals surface area contributed by atoms with Crippen LogP contribution in [0.4, 0.5) is 5.00 Å². The second-order valence-electron chi connectivity index (χ2n) is 9.48. The molecule has 0 fully saturated rings. The van der Waals surface area contributed by atoms with E-state index in [1.54, 1.807) is 23.5 Å². The Bertz CT molecular complexity index is 1220. The molecule has 0 saturated heterocycles. The summed E-state index contributed by atoms with van der Waals surface area (Å²) in [5.41, 5.74) is 4.70. The molecule has 1 unspecified atom stereocenters. The summed E-state index contributed by atoms with van der Waals surface area (Å²) in [4.78, 5) is 14.0. The topological polar surface area (TPSA) is 64.9 Å². The molecule has 2 N–H and O–H groups in total. The fourth-order valence-corrected chi connectivity index (χ4v) is 5.83. The van der Waals surface area contributed by atoms with E-state index in [4.69, 9.17) is 12.2 Å². The number of hydrogen-bond donors (Lipinski definition) is 2. The molecule has 168 valence electrons. The summed E-state index contributed by atoms with van der Waals surface area (Å²) in [6.45, 7) is 6.83. The van der Waals surface area contributed by atoms with Gasteiger partial charge in [-0.1, -0.05) is 63.2 Å². The molecule has 0 bridgehead atoms. The van der Waals surface area contributed by atoms with Gasteiger partial charge in [-0.25, -0.2) is 0 Å². The molecule has 1 amide bonds. The molecule has 2 aromatic carbocycles. The number of carbonyl (C=O) groups is 1. The van der Waals surface area contributed by atoms with Gasteiger partial charge in [-0.3, -0.25) is 10.1 Å². The normalized spacial score (nSPS) is 15.3. The van der Waals surface area contributed by atoms with Gasteiger partial charge in [0.05, 0.1) is 5.56 Å². The molecule has 1 aliphatic carbocycles. The Morgan fingerprint density at radius 1 is 1.09 bits per heavy atom. The van der Waals surface area contributed by atoms with Crippen molar-refractivity contribution in [3.63, 3.8) is 0 Å². The Kier molecular flexibility index (Phi) is 6.64. The lowest BCUT2D eigenvalue weighted by Crippen LogP contribution is -2.34. The lowest BCUT2D eigenvalue weighted by Gasteiger charge is -2.33. The minimum Gasteiger partial charge on any atom is -0.323 e. The molecule has 4 rings (SSSR count). The molecule has 0 aliphatic heterocycles. The average Bonchev–Trinajstić information content (AvgIpc) is 3.15. The summed E-state index contributed by atoms with van der Waals surface area (Å²) in [6.07, 6.45) is 2.97. The zero-order valence-corrected chi connectivity index (χ0v) is 20.7. The Morgan fingerprint density at radius 2 is 1.76 bits per heavy atom. The summed E-state index contributed by atoms with van der Waals surface area (Å²) in [5.74, 6) is 0.313. The van der Waals surface area contributed by atoms with Gasteiger partial charge >= 0.3 is 0 Å². The Labute approximate surface area is 204 Å². The maximum absolute atomic E-state index is 12.7. The SMILES string of the molecule is CC(C)(C)C1CCc2c(sc(NC(=S)NC(=O)c3ccc(-c4ccccc4)cc3)c2C#N)C1. The zero-order valence-electron chi connectivity index (χ0n) is 19.1. The third kappa shape index (κ3) is 5.16. The third-order valence-electron chi connectivity index (χ3n) is 6.31. The molecule has 1 atom stereocenters. The molecule has 6 heteroatoms. The van der Waals surface area contributed by atoms with Crippen molar-refractivity contribution < 1.29 is 4.79 Å². The first-order chi connectivity index (χ1) is 15.8. The second-order valence-corrected chi connectivity index (χ2v) is 11.0. The van der Waals surface area contributed by atoms with Crippen LogP contribution in [0.5, 0.6) is 0 Å². The highest BCUT2D eigenvalue weighted by molar-refractivity contribution is 7.80. The predicted octanol–water partition coefficient (Wildman–Crippen LogP) is 6.56. The van der Waals surface area contributed by atoms with E-state index in [1.165, 1.54) is 4.88 Å². The van der Waals surface area contributed by atoms with Crippen LogP contribution in [0, 0.1) is 22.7 Å². The van der Waals surface area contributed by atoms with Crippen LogP contribution in [0.15, 0.2) is 54.6 Å². The number of benzene rings is 2. The number of nitriles is 1. The fraction of sp³-hybridized carbons (Fsp3) is 0.296. The van der Waals surface area contributed by atoms with Crippen LogP contribution in [0.1, 0.15) is 53.6 Å². The molecule has 3 aromatic rings. The van der Waals surface area contributed by atoms with Crippen molar-refractivity contribution in [2.24, 2.45) is 11.3 Å². The minimum atomic E-state index is -0.278. The van der Waals surface area contributed by atoms with Crippen molar-refractivity contribution in [2.75, 3.05) is 5.32 Å². The molecular formula is C27H27N3OS2. The number of nitrogens with zero attached hydrogens (tertiary/aromatic N) is 1. The molecule has 0 radical (unpaired) electrons. The monoisotopic (exact) mass is 473 g/mol. The molecule has 0 spiro atoms. The first kappa shape index (κ1) is 23.2. The highest BCUT2D eigenvalue weighted by Crippen LogP contribution is 2.43. The molecule has 0 saturated carbocycles. The van der Waals surface area contributed by atoms with Crippen LogP contribution in [0.3, 0.4) is 0 Å². The van der Waals surface area contributed by atoms with Crippen LogP contribution >= 0.6 is 23.6 Å². The summed E-state index contributed by atoms with van der Waals surface area (Å²) in [6, 6.07) is 19.8. The fourth-order valence-electron chi connectivity index (χ4n) is 4.29. The maximum atomic E-state index is 12.7. The van der Waals surface area contributed by atoms with Crippen molar-refractivity contribution in [3.05, 3.63) is 76.2 Å². The number of nitrogens with one attached hydrogen (secondary N) is 2. The number of rotatable bonds is 3. The maximum Gasteiger partial charge on any atom is 0.257 e. The number of amides is 1. The van der Waals surface area contributed by atoms with E-state index in [0.29, 0.717) is 17.0 Å². The lowest BCUT2D eigenvalue weighted by molar-refractivity contribution is 0.0977. The largest absolute Gasteiger partial charge is 0.323 e. The summed E-state index contributed by atoms with van der Waals surface area (Å²) in [5, 5.41) is 16.5. The van der Waals surface area contributed by atoms with E-state index in [0.717, 1.165) is 41.0 Å². The third-order valence-corrected chi connectivity index (χ3v) is 7.68. The summed E-state index contributed by atoms with van der Waals surface area (Å²) < 4.78 is 0. The lowest BCUT2D eigenvalue weighted by atomic mass is 9.72. The van der Waals surface area contributed by atoms with Crippen molar-refractivity contribution >= 4 is 39.6 Å². The number of anilines is 1. The van der Waals surface area contributed by atoms with Gasteiger partial charge in [0.25, 0.3) is 5.91 Å². The van der Waals surface area contributed by atoms with Gasteiger partial charge < -0.3 is 5.32 Å². The first-order valence-electron chi connectivity index (χ1n) is 11.1. The van der Waals surface area contributed by atoms with Gasteiger partial charge in [-0.15, -0.1) is 11.3 Å². The highest BCUT2D eigenvalue weighted by Gasteiger charge is 2.32. The molecule has 4 nitrogen and oxygen atoms in total. The van der Waals surface area contributed by atoms with Gasteiger partial charge in [0, 0.05) is 10.4 Å². The first-order valence-corrected chi connectivity index (χ1v) is 12.3. The van der Waals surface area contributed by atoms with Crippen LogP contribution in [0.2, 0.25) is 0 Å². The van der Waals surface area contributed by atoms with Gasteiger partial charge in [-0.05, 0) is 71.6 Å². The van der Waals surface area contributed by atoms with Gasteiger partial charge in [0.2, 0.25) is 0 Å². The van der Waals surface area contributed by atoms with Crippen LogP contribution in [0.25, 0.3) is 11.1 Å². The molecule has 33 heavy (non-hydrogen) atoms. The number of thiophene rings is 1. The molecule has 1 aromatic heterocycles. The van der Waals surface area contributed by atoms with E-state index >= 15 is 0 Å². The Morgan fingerprint density at radius 3 is 2.39 bits per heavy atom. The average molecular weight is 474 g/mol. The van der Waals surface area contributed by atoms with Gasteiger partial charge in [0.1, 0.15) is 11.1 Å². The number of hydrogen-bond acceptors (Lipinski definition) is 4. The summed E-state index contributed by atoms with van der Waals surface area (Å²) in [7, 11) is 0. The smallest absolute Gasteiger partial charge is 0.257 e. The van der Waals surface area contributed by atoms with E-state index in [-0.39, 0.29) is 16.4 Å². The van der Waals surface area contributed by atoms with Gasteiger partial charge in [-0.2, -0.15) is 5.26 Å². The van der Waals surface area contributed by atoms with Crippen molar-refractivity contribution in [2.45, 2.75) is 40.0 Å². The van der Waals surface area contributed by atoms with E-state index in [1.807, 2.05) is 42.5 Å². The van der Waals surface area contributed by atoms with Crippen LogP contribution in [-0.4, -0.2) is 11.0 Å². The highest BCUT2D eigenvalue weighted by atomic mass is 32.1. The van der Waals surface area contributed by atoms with E-state index in [2.05, 4.69) is 37.5 Å². The van der Waals surface area contributed by atoms with Crippen molar-refractivity contribution in [3.8, 4) is 17.2 Å². The molecule has 1 aliphatic rings. The second kappa shape index (κ2) is 9.46. The van der Waals surface area contributed by atoms with Crippen LogP contribution in [-0.2, 0) is 12.8 Å². The quantitative estimate of drug-likeness (QED) is 0.423. The Balaban J connectivity index is 1.43. The molecule has 1 heterocycles. The standard InChI is InChI=1S/C27H27N3OS2/c1-27(2,3)20-13-14-21-22(16-28)25(33-23(21)15-20)30-26(32)29-24(31)19-11-9-18(10-12-19)17-7-5-4-6-8-17/h4-12,20H,13-15H2,1-3H3,(H2,29,30,31,32). The van der Waals surface area contributed by atoms with Crippen molar-refractivity contribution in [1.82, 2.24) is 5.32 Å². The van der Waals surface area contributed by atoms with Gasteiger partial charge in [0.15, 0.2) is 5.11 Å². The van der Waals surface area contributed by atoms with E-state index in [9.17, 15) is 10.1 Å². The molecular weight excluding hydrogens is 446 g/mol. The number of carbonyl (C=O) groups excluding carboxylic acids is 1. The number of thiocarbonyl (C=S) groups is 1. The number of fused-ring (bicyclic) bond motifs is 1. The Hall–Kier alpha value is -3.01.